The summed E-state index contributed by atoms with van der Waals surface area (Å²) in [6, 6.07) is 0. The smallest absolute Gasteiger partial charge is 0.0143 e. The maximum absolute atomic E-state index is 4.58. The van der Waals surface area contributed by atoms with Crippen LogP contribution in [0, 0.1) is 52.3 Å². The van der Waals surface area contributed by atoms with E-state index in [9.17, 15) is 0 Å². The van der Waals surface area contributed by atoms with Gasteiger partial charge in [0.2, 0.25) is 0 Å². The molecular weight excluding hydrogens is 773 g/mol. The first-order valence-corrected chi connectivity index (χ1v) is 29.4. The summed E-state index contributed by atoms with van der Waals surface area (Å²) >= 11 is 0. The molecule has 0 amide bonds. The Balaban J connectivity index is 0.894. The number of unbranched alkanes of at least 4 members (excludes halogenated alkanes) is 15. The van der Waals surface area contributed by atoms with Gasteiger partial charge in [-0.2, -0.15) is 0 Å². The molecule has 2 heteroatoms. The van der Waals surface area contributed by atoms with Gasteiger partial charge in [0, 0.05) is 18.8 Å². The third-order valence-electron chi connectivity index (χ3n) is 18.7. The lowest BCUT2D eigenvalue weighted by atomic mass is 9.47. The van der Waals surface area contributed by atoms with Gasteiger partial charge < -0.3 is 10.2 Å². The van der Waals surface area contributed by atoms with Gasteiger partial charge in [-0.3, -0.25) is 0 Å². The molecule has 8 atom stereocenters. The number of hydrogen-bond donors (Lipinski definition) is 1. The summed E-state index contributed by atoms with van der Waals surface area (Å²) in [5.74, 6) is 6.46. The van der Waals surface area contributed by atoms with Gasteiger partial charge in [-0.25, -0.2) is 0 Å². The van der Waals surface area contributed by atoms with Crippen molar-refractivity contribution < 1.29 is 0 Å². The van der Waals surface area contributed by atoms with Crippen molar-refractivity contribution in [1.29, 1.82) is 0 Å². The van der Waals surface area contributed by atoms with E-state index in [1.54, 1.807) is 0 Å². The quantitative estimate of drug-likeness (QED) is 0.0512. The highest BCUT2D eigenvalue weighted by Gasteiger charge is 2.58. The van der Waals surface area contributed by atoms with E-state index in [-0.39, 0.29) is 0 Å². The molecule has 2 nitrogen and oxygen atoms in total. The highest BCUT2D eigenvalue weighted by atomic mass is 15.1. The Bertz CT molecular complexity index is 1330. The van der Waals surface area contributed by atoms with Crippen LogP contribution in [0.5, 0.6) is 0 Å². The van der Waals surface area contributed by atoms with Crippen LogP contribution < -0.4 is 5.32 Å². The van der Waals surface area contributed by atoms with Gasteiger partial charge >= 0.3 is 0 Å². The molecule has 3 saturated carbocycles. The number of allylic oxidation sites excluding steroid dienone is 7. The maximum Gasteiger partial charge on any atom is 0.0143 e. The molecule has 0 radical (unpaired) electrons. The molecule has 0 aromatic heterocycles. The second-order valence-corrected chi connectivity index (χ2v) is 24.1. The molecule has 1 heterocycles. The van der Waals surface area contributed by atoms with Gasteiger partial charge in [-0.15, -0.1) is 0 Å². The molecule has 64 heavy (non-hydrogen) atoms. The van der Waals surface area contributed by atoms with Crippen LogP contribution >= 0.6 is 0 Å². The lowest BCUT2D eigenvalue weighted by Crippen LogP contribution is -2.50. The van der Waals surface area contributed by atoms with Crippen molar-refractivity contribution in [3.05, 3.63) is 48.2 Å². The van der Waals surface area contributed by atoms with Crippen LogP contribution in [0.1, 0.15) is 266 Å². The molecule has 1 saturated heterocycles. The summed E-state index contributed by atoms with van der Waals surface area (Å²) in [6.07, 6.45) is 62.9. The molecule has 1 aliphatic heterocycles. The zero-order valence-corrected chi connectivity index (χ0v) is 43.9. The number of nitrogens with one attached hydrogen (secondary N) is 1. The normalized spacial score (nSPS) is 29.0. The minimum atomic E-state index is 0.472. The number of piperidine rings is 1. The fourth-order valence-corrected chi connectivity index (χ4v) is 14.6. The first-order valence-electron chi connectivity index (χ1n) is 29.4. The van der Waals surface area contributed by atoms with Crippen LogP contribution in [0.3, 0.4) is 0 Å². The Morgan fingerprint density at radius 1 is 0.719 bits per heavy atom. The molecule has 4 aliphatic carbocycles. The van der Waals surface area contributed by atoms with E-state index in [1.165, 1.54) is 250 Å². The van der Waals surface area contributed by atoms with Crippen LogP contribution in [0.25, 0.3) is 0 Å². The Morgan fingerprint density at radius 3 is 2.08 bits per heavy atom. The van der Waals surface area contributed by atoms with Crippen molar-refractivity contribution in [2.45, 2.75) is 266 Å². The lowest BCUT2D eigenvalue weighted by molar-refractivity contribution is -0.0456. The van der Waals surface area contributed by atoms with Gasteiger partial charge in [-0.1, -0.05) is 180 Å². The Hall–Kier alpha value is -1.28. The van der Waals surface area contributed by atoms with E-state index in [0.29, 0.717) is 10.8 Å². The molecule has 8 unspecified atom stereocenters. The first kappa shape index (κ1) is 53.7. The van der Waals surface area contributed by atoms with Gasteiger partial charge in [0.25, 0.3) is 0 Å². The minimum absolute atomic E-state index is 0.472. The van der Waals surface area contributed by atoms with E-state index in [0.717, 1.165) is 54.4 Å². The Morgan fingerprint density at radius 2 is 1.38 bits per heavy atom. The molecular formula is C62H110N2. The monoisotopic (exact) mass is 883 g/mol. The fourth-order valence-electron chi connectivity index (χ4n) is 14.6. The Labute approximate surface area is 401 Å². The summed E-state index contributed by atoms with van der Waals surface area (Å²) < 4.78 is 0. The van der Waals surface area contributed by atoms with E-state index < -0.39 is 0 Å². The van der Waals surface area contributed by atoms with Crippen molar-refractivity contribution in [2.24, 2.45) is 52.3 Å². The highest BCUT2D eigenvalue weighted by Crippen LogP contribution is 2.67. The summed E-state index contributed by atoms with van der Waals surface area (Å²) in [7, 11) is 0. The molecule has 0 aromatic carbocycles. The van der Waals surface area contributed by atoms with E-state index in [2.05, 4.69) is 81.8 Å². The third kappa shape index (κ3) is 18.0. The predicted octanol–water partition coefficient (Wildman–Crippen LogP) is 18.9. The molecule has 1 N–H and O–H groups in total. The van der Waals surface area contributed by atoms with E-state index in [1.807, 2.05) is 5.57 Å². The van der Waals surface area contributed by atoms with E-state index in [4.69, 9.17) is 0 Å². The van der Waals surface area contributed by atoms with Gasteiger partial charge in [-0.05, 0) is 194 Å². The molecule has 0 aromatic rings. The van der Waals surface area contributed by atoms with Gasteiger partial charge in [0.1, 0.15) is 0 Å². The Kier molecular flexibility index (Phi) is 25.4. The average molecular weight is 884 g/mol. The molecule has 0 bridgehead atoms. The lowest BCUT2D eigenvalue weighted by Gasteiger charge is -2.58. The van der Waals surface area contributed by atoms with Crippen LogP contribution in [0.4, 0.5) is 0 Å². The number of rotatable bonds is 34. The van der Waals surface area contributed by atoms with Crippen molar-refractivity contribution in [2.75, 3.05) is 26.2 Å². The fraction of sp³-hybridized carbons (Fsp3) is 0.871. The number of likely N-dealkylation sites (tertiary alicyclic amines) is 1. The van der Waals surface area contributed by atoms with Gasteiger partial charge in [0.15, 0.2) is 0 Å². The van der Waals surface area contributed by atoms with Crippen LogP contribution in [-0.2, 0) is 0 Å². The second kappa shape index (κ2) is 30.3. The predicted molar refractivity (Wildman–Crippen MR) is 284 cm³/mol. The largest absolute Gasteiger partial charge is 0.389 e. The third-order valence-corrected chi connectivity index (χ3v) is 18.7. The van der Waals surface area contributed by atoms with Crippen LogP contribution in [-0.4, -0.2) is 31.1 Å². The van der Waals surface area contributed by atoms with Crippen molar-refractivity contribution in [1.82, 2.24) is 10.2 Å². The molecule has 5 rings (SSSR count). The SMILES string of the molecule is C=C(CC1CCC2(C)C(=CCC3C2CCC2(C)C(CCCCC(C)C)CCC32)C1)NCCCCCCC(CCCCCCCCCC/C=C\C/C=C\CCCCC)CN1CCCCC1. The minimum Gasteiger partial charge on any atom is -0.389 e. The summed E-state index contributed by atoms with van der Waals surface area (Å²) in [6.45, 7) is 22.3. The maximum atomic E-state index is 4.58. The standard InChI is InChI=1S/C62H110N2/c1-7-8-9-10-11-12-13-14-15-16-17-18-19-20-21-22-23-27-35-54(51-64-47-32-26-33-48-64)36-28-24-25-31-46-63-53(4)49-55-42-44-62(6)57(50-55)38-40-58-59-41-39-56(37-30-29-34-52(2)3)61(59,5)45-43-60(58)62/h11-12,14-15,38,52,54-56,58-60,63H,4,7-10,13,16-37,39-51H2,1-3,5-6H3/b12-11-,15-14-. The molecule has 0 spiro atoms. The number of fused-ring (bicyclic) bond motifs is 5. The zero-order chi connectivity index (χ0) is 45.3. The van der Waals surface area contributed by atoms with Crippen LogP contribution in [0.2, 0.25) is 0 Å². The van der Waals surface area contributed by atoms with Crippen LogP contribution in [0.15, 0.2) is 48.2 Å². The number of nitrogens with zero attached hydrogens (tertiary/aromatic N) is 1. The molecule has 5 aliphatic rings. The summed E-state index contributed by atoms with van der Waals surface area (Å²) in [5.41, 5.74) is 4.28. The molecule has 368 valence electrons. The zero-order valence-electron chi connectivity index (χ0n) is 43.9. The first-order chi connectivity index (χ1) is 31.2. The van der Waals surface area contributed by atoms with Crippen molar-refractivity contribution in [3.8, 4) is 0 Å². The average Bonchev–Trinajstić information content (AvgIpc) is 3.63. The van der Waals surface area contributed by atoms with E-state index >= 15 is 0 Å². The van der Waals surface area contributed by atoms with Crippen molar-refractivity contribution in [3.63, 3.8) is 0 Å². The van der Waals surface area contributed by atoms with Crippen molar-refractivity contribution >= 4 is 0 Å². The van der Waals surface area contributed by atoms with Gasteiger partial charge in [0.05, 0.1) is 0 Å². The highest BCUT2D eigenvalue weighted by molar-refractivity contribution is 5.25. The molecule has 4 fully saturated rings. The number of hydrogen-bond acceptors (Lipinski definition) is 2. The topological polar surface area (TPSA) is 15.3 Å². The summed E-state index contributed by atoms with van der Waals surface area (Å²) in [4.78, 5) is 2.82. The summed E-state index contributed by atoms with van der Waals surface area (Å²) in [5, 5.41) is 3.82. The second-order valence-electron chi connectivity index (χ2n) is 24.1.